The number of furan rings is 1. The Labute approximate surface area is 93.9 Å². The lowest BCUT2D eigenvalue weighted by atomic mass is 9.83. The van der Waals surface area contributed by atoms with Gasteiger partial charge >= 0.3 is 0 Å². The normalized spacial score (nSPS) is 28.5. The van der Waals surface area contributed by atoms with Gasteiger partial charge in [-0.2, -0.15) is 0 Å². The minimum Gasteiger partial charge on any atom is -0.459 e. The van der Waals surface area contributed by atoms with Gasteiger partial charge in [-0.05, 0) is 25.5 Å². The van der Waals surface area contributed by atoms with Crippen LogP contribution in [0.25, 0.3) is 0 Å². The van der Waals surface area contributed by atoms with Crippen LogP contribution in [-0.4, -0.2) is 30.7 Å². The average molecular weight is 224 g/mol. The Kier molecular flexibility index (Phi) is 3.26. The third kappa shape index (κ3) is 2.10. The van der Waals surface area contributed by atoms with Crippen LogP contribution in [0.5, 0.6) is 0 Å². The van der Waals surface area contributed by atoms with Crippen molar-refractivity contribution in [2.24, 2.45) is 5.73 Å². The molecule has 0 aromatic carbocycles. The fourth-order valence-electron chi connectivity index (χ4n) is 1.86. The van der Waals surface area contributed by atoms with Crippen molar-refractivity contribution in [3.05, 3.63) is 24.2 Å². The summed E-state index contributed by atoms with van der Waals surface area (Å²) in [5, 5.41) is 2.82. The molecule has 1 heterocycles. The summed E-state index contributed by atoms with van der Waals surface area (Å²) in [6.07, 6.45) is 2.28. The van der Waals surface area contributed by atoms with E-state index in [1.54, 1.807) is 12.1 Å². The van der Waals surface area contributed by atoms with Crippen molar-refractivity contribution in [1.82, 2.24) is 5.32 Å². The molecular formula is C11H16N2O3. The summed E-state index contributed by atoms with van der Waals surface area (Å²) in [4.78, 5) is 11.7. The molecule has 5 nitrogen and oxygen atoms in total. The molecule has 1 fully saturated rings. The first-order valence-electron chi connectivity index (χ1n) is 5.44. The molecular weight excluding hydrogens is 208 g/mol. The van der Waals surface area contributed by atoms with E-state index in [0.717, 1.165) is 6.42 Å². The number of hydrogen-bond acceptors (Lipinski definition) is 4. The first kappa shape index (κ1) is 11.2. The standard InChI is InChI=1S/C11H16N2O3/c1-2-15-9-6-7(12)10(9)13-11(14)8-4-3-5-16-8/h3-5,7,9-10H,2,6,12H2,1H3,(H,13,14). The predicted octanol–water partition coefficient (Wildman–Crippen LogP) is 0.514. The molecule has 1 aromatic heterocycles. The molecule has 1 aliphatic rings. The van der Waals surface area contributed by atoms with Crippen molar-refractivity contribution in [2.45, 2.75) is 31.5 Å². The molecule has 0 bridgehead atoms. The first-order valence-corrected chi connectivity index (χ1v) is 5.44. The number of carbonyl (C=O) groups is 1. The van der Waals surface area contributed by atoms with E-state index in [1.807, 2.05) is 6.92 Å². The van der Waals surface area contributed by atoms with Crippen LogP contribution in [-0.2, 0) is 4.74 Å². The van der Waals surface area contributed by atoms with Crippen LogP contribution in [0.3, 0.4) is 0 Å². The zero-order valence-electron chi connectivity index (χ0n) is 9.18. The zero-order chi connectivity index (χ0) is 11.5. The van der Waals surface area contributed by atoms with Crippen LogP contribution >= 0.6 is 0 Å². The summed E-state index contributed by atoms with van der Waals surface area (Å²) in [5.41, 5.74) is 5.82. The lowest BCUT2D eigenvalue weighted by Gasteiger charge is -2.42. The lowest BCUT2D eigenvalue weighted by Crippen LogP contribution is -2.64. The smallest absolute Gasteiger partial charge is 0.287 e. The van der Waals surface area contributed by atoms with Crippen LogP contribution < -0.4 is 11.1 Å². The zero-order valence-corrected chi connectivity index (χ0v) is 9.18. The molecule has 3 unspecified atom stereocenters. The number of hydrogen-bond donors (Lipinski definition) is 2. The number of nitrogens with one attached hydrogen (secondary N) is 1. The van der Waals surface area contributed by atoms with Crippen LogP contribution in [0.2, 0.25) is 0 Å². The Morgan fingerprint density at radius 2 is 2.56 bits per heavy atom. The summed E-state index contributed by atoms with van der Waals surface area (Å²) >= 11 is 0. The third-order valence-corrected chi connectivity index (χ3v) is 2.79. The molecule has 0 spiro atoms. The van der Waals surface area contributed by atoms with Gasteiger partial charge in [-0.3, -0.25) is 4.79 Å². The van der Waals surface area contributed by atoms with Crippen molar-refractivity contribution in [3.63, 3.8) is 0 Å². The highest BCUT2D eigenvalue weighted by Crippen LogP contribution is 2.22. The fourth-order valence-corrected chi connectivity index (χ4v) is 1.86. The van der Waals surface area contributed by atoms with E-state index in [4.69, 9.17) is 14.9 Å². The number of nitrogens with two attached hydrogens (primary N) is 1. The van der Waals surface area contributed by atoms with E-state index in [0.29, 0.717) is 12.4 Å². The molecule has 1 amide bonds. The summed E-state index contributed by atoms with van der Waals surface area (Å²) in [7, 11) is 0. The number of rotatable bonds is 4. The van der Waals surface area contributed by atoms with E-state index in [1.165, 1.54) is 6.26 Å². The van der Waals surface area contributed by atoms with Crippen LogP contribution in [0.1, 0.15) is 23.9 Å². The van der Waals surface area contributed by atoms with Crippen molar-refractivity contribution < 1.29 is 13.9 Å². The van der Waals surface area contributed by atoms with E-state index in [-0.39, 0.29) is 24.1 Å². The average Bonchev–Trinajstić information content (AvgIpc) is 2.79. The second kappa shape index (κ2) is 4.67. The first-order chi connectivity index (χ1) is 7.72. The van der Waals surface area contributed by atoms with Gasteiger partial charge in [0.05, 0.1) is 18.4 Å². The van der Waals surface area contributed by atoms with E-state index >= 15 is 0 Å². The van der Waals surface area contributed by atoms with Crippen molar-refractivity contribution in [3.8, 4) is 0 Å². The van der Waals surface area contributed by atoms with Gasteiger partial charge in [-0.15, -0.1) is 0 Å². The van der Waals surface area contributed by atoms with Crippen molar-refractivity contribution >= 4 is 5.91 Å². The number of ether oxygens (including phenoxy) is 1. The quantitative estimate of drug-likeness (QED) is 0.781. The van der Waals surface area contributed by atoms with E-state index in [9.17, 15) is 4.79 Å². The maximum Gasteiger partial charge on any atom is 0.287 e. The second-order valence-corrected chi connectivity index (χ2v) is 3.87. The van der Waals surface area contributed by atoms with Crippen molar-refractivity contribution in [2.75, 3.05) is 6.61 Å². The van der Waals surface area contributed by atoms with Gasteiger partial charge in [-0.1, -0.05) is 0 Å². The number of carbonyl (C=O) groups excluding carboxylic acids is 1. The Balaban J connectivity index is 1.91. The summed E-state index contributed by atoms with van der Waals surface area (Å²) in [5.74, 6) is 0.0594. The van der Waals surface area contributed by atoms with Gasteiger partial charge in [-0.25, -0.2) is 0 Å². The molecule has 1 aliphatic carbocycles. The molecule has 3 N–H and O–H groups in total. The predicted molar refractivity (Wildman–Crippen MR) is 58.0 cm³/mol. The van der Waals surface area contributed by atoms with Gasteiger partial charge in [0.25, 0.3) is 5.91 Å². The molecule has 0 radical (unpaired) electrons. The molecule has 5 heteroatoms. The summed E-state index contributed by atoms with van der Waals surface area (Å²) < 4.78 is 10.5. The minimum absolute atomic E-state index is 0.0268. The van der Waals surface area contributed by atoms with E-state index in [2.05, 4.69) is 5.32 Å². The number of amides is 1. The van der Waals surface area contributed by atoms with Crippen LogP contribution in [0.4, 0.5) is 0 Å². The van der Waals surface area contributed by atoms with Crippen LogP contribution in [0.15, 0.2) is 22.8 Å². The molecule has 3 atom stereocenters. The fraction of sp³-hybridized carbons (Fsp3) is 0.545. The Morgan fingerprint density at radius 3 is 3.12 bits per heavy atom. The van der Waals surface area contributed by atoms with E-state index < -0.39 is 0 Å². The minimum atomic E-state index is -0.241. The highest BCUT2D eigenvalue weighted by molar-refractivity contribution is 5.91. The molecule has 1 saturated carbocycles. The maximum atomic E-state index is 11.7. The second-order valence-electron chi connectivity index (χ2n) is 3.87. The lowest BCUT2D eigenvalue weighted by molar-refractivity contribution is -0.0302. The molecule has 0 aliphatic heterocycles. The Morgan fingerprint density at radius 1 is 1.75 bits per heavy atom. The monoisotopic (exact) mass is 224 g/mol. The summed E-state index contributed by atoms with van der Waals surface area (Å²) in [6.45, 7) is 2.56. The van der Waals surface area contributed by atoms with Gasteiger partial charge in [0.2, 0.25) is 0 Å². The van der Waals surface area contributed by atoms with Gasteiger partial charge in [0.15, 0.2) is 5.76 Å². The molecule has 1 aromatic rings. The van der Waals surface area contributed by atoms with Crippen molar-refractivity contribution in [1.29, 1.82) is 0 Å². The Hall–Kier alpha value is -1.33. The molecule has 16 heavy (non-hydrogen) atoms. The maximum absolute atomic E-state index is 11.7. The SMILES string of the molecule is CCOC1CC(N)C1NC(=O)c1ccco1. The highest BCUT2D eigenvalue weighted by atomic mass is 16.5. The topological polar surface area (TPSA) is 77.5 Å². The van der Waals surface area contributed by atoms with Crippen LogP contribution in [0, 0.1) is 0 Å². The Bertz CT molecular complexity index is 348. The molecule has 0 saturated heterocycles. The highest BCUT2D eigenvalue weighted by Gasteiger charge is 2.40. The largest absolute Gasteiger partial charge is 0.459 e. The van der Waals surface area contributed by atoms with Gasteiger partial charge in [0.1, 0.15) is 0 Å². The molecule has 2 rings (SSSR count). The summed E-state index contributed by atoms with van der Waals surface area (Å²) in [6, 6.07) is 3.15. The van der Waals surface area contributed by atoms with Gasteiger partial charge < -0.3 is 20.2 Å². The molecule has 88 valence electrons. The van der Waals surface area contributed by atoms with Gasteiger partial charge in [0, 0.05) is 12.6 Å². The third-order valence-electron chi connectivity index (χ3n) is 2.79.